The molecule has 0 aliphatic carbocycles. The van der Waals surface area contributed by atoms with E-state index >= 15 is 0 Å². The van der Waals surface area contributed by atoms with Gasteiger partial charge in [-0.1, -0.05) is 6.07 Å². The van der Waals surface area contributed by atoms with Crippen molar-refractivity contribution in [2.24, 2.45) is 0 Å². The van der Waals surface area contributed by atoms with Gasteiger partial charge in [0.1, 0.15) is 17.4 Å². The zero-order valence-electron chi connectivity index (χ0n) is 13.0. The molecule has 0 saturated carbocycles. The smallest absolute Gasteiger partial charge is 0.149 e. The van der Waals surface area contributed by atoms with Crippen molar-refractivity contribution >= 4 is 11.6 Å². The Hall–Kier alpha value is -3.09. The predicted molar refractivity (Wildman–Crippen MR) is 88.7 cm³/mol. The van der Waals surface area contributed by atoms with Gasteiger partial charge in [0.2, 0.25) is 0 Å². The van der Waals surface area contributed by atoms with Crippen LogP contribution in [-0.4, -0.2) is 33.9 Å². The van der Waals surface area contributed by atoms with Crippen LogP contribution in [0, 0.1) is 0 Å². The lowest BCUT2D eigenvalue weighted by Gasteiger charge is -2.16. The maximum Gasteiger partial charge on any atom is 0.149 e. The number of nitrogens with zero attached hydrogens (tertiary/aromatic N) is 5. The monoisotopic (exact) mass is 310 g/mol. The van der Waals surface area contributed by atoms with Gasteiger partial charge in [-0.15, -0.1) is 0 Å². The van der Waals surface area contributed by atoms with Gasteiger partial charge in [-0.25, -0.2) is 9.67 Å². The molecule has 2 heterocycles. The molecular formula is C16H18N6O. The molecule has 0 aliphatic heterocycles. The Balaban J connectivity index is 1.76. The highest BCUT2D eigenvalue weighted by atomic mass is 16.5. The maximum atomic E-state index is 5.67. The SMILES string of the molecule is COc1cccc(-n2cc(CN(C)c3cncc(N)n3)cn2)c1. The van der Waals surface area contributed by atoms with E-state index in [2.05, 4.69) is 15.1 Å². The zero-order chi connectivity index (χ0) is 16.2. The molecule has 0 spiro atoms. The largest absolute Gasteiger partial charge is 0.497 e. The van der Waals surface area contributed by atoms with E-state index in [0.717, 1.165) is 22.8 Å². The number of nitrogen functional groups attached to an aromatic ring is 1. The summed E-state index contributed by atoms with van der Waals surface area (Å²) in [7, 11) is 3.58. The Morgan fingerprint density at radius 3 is 2.91 bits per heavy atom. The first-order valence-corrected chi connectivity index (χ1v) is 7.12. The van der Waals surface area contributed by atoms with Crippen LogP contribution in [0.3, 0.4) is 0 Å². The molecule has 7 heteroatoms. The van der Waals surface area contributed by atoms with Crippen LogP contribution in [0.1, 0.15) is 5.56 Å². The molecule has 0 atom stereocenters. The summed E-state index contributed by atoms with van der Waals surface area (Å²) in [5, 5.41) is 4.40. The third-order valence-electron chi connectivity index (χ3n) is 3.41. The number of hydrogen-bond acceptors (Lipinski definition) is 6. The first kappa shape index (κ1) is 14.8. The highest BCUT2D eigenvalue weighted by Crippen LogP contribution is 2.17. The number of aromatic nitrogens is 4. The average molecular weight is 310 g/mol. The Morgan fingerprint density at radius 2 is 2.13 bits per heavy atom. The van der Waals surface area contributed by atoms with Gasteiger partial charge in [0.25, 0.3) is 0 Å². The van der Waals surface area contributed by atoms with Crippen molar-refractivity contribution in [2.45, 2.75) is 6.54 Å². The van der Waals surface area contributed by atoms with Crippen LogP contribution < -0.4 is 15.4 Å². The van der Waals surface area contributed by atoms with Crippen molar-refractivity contribution in [3.05, 3.63) is 54.6 Å². The van der Waals surface area contributed by atoms with E-state index in [1.54, 1.807) is 13.3 Å². The Kier molecular flexibility index (Phi) is 4.09. The highest BCUT2D eigenvalue weighted by Gasteiger charge is 2.08. The van der Waals surface area contributed by atoms with Gasteiger partial charge in [-0.05, 0) is 12.1 Å². The number of benzene rings is 1. The summed E-state index contributed by atoms with van der Waals surface area (Å²) in [6.45, 7) is 0.655. The van der Waals surface area contributed by atoms with Crippen LogP contribution in [0.4, 0.5) is 11.6 Å². The molecule has 0 amide bonds. The minimum Gasteiger partial charge on any atom is -0.497 e. The number of ether oxygens (including phenoxy) is 1. The van der Waals surface area contributed by atoms with E-state index in [1.165, 1.54) is 6.20 Å². The van der Waals surface area contributed by atoms with Crippen LogP contribution in [0.5, 0.6) is 5.75 Å². The molecule has 0 radical (unpaired) electrons. The van der Waals surface area contributed by atoms with Crippen molar-refractivity contribution in [3.8, 4) is 11.4 Å². The van der Waals surface area contributed by atoms with Crippen molar-refractivity contribution in [3.63, 3.8) is 0 Å². The van der Waals surface area contributed by atoms with Gasteiger partial charge in [-0.3, -0.25) is 4.98 Å². The molecule has 2 aromatic heterocycles. The third kappa shape index (κ3) is 3.39. The molecule has 3 rings (SSSR count). The van der Waals surface area contributed by atoms with Crippen LogP contribution >= 0.6 is 0 Å². The lowest BCUT2D eigenvalue weighted by atomic mass is 10.3. The molecule has 0 unspecified atom stereocenters. The fourth-order valence-electron chi connectivity index (χ4n) is 2.25. The number of methoxy groups -OCH3 is 1. The lowest BCUT2D eigenvalue weighted by Crippen LogP contribution is -2.18. The molecule has 23 heavy (non-hydrogen) atoms. The van der Waals surface area contributed by atoms with Gasteiger partial charge >= 0.3 is 0 Å². The number of anilines is 2. The first-order chi connectivity index (χ1) is 11.2. The van der Waals surface area contributed by atoms with Gasteiger partial charge in [-0.2, -0.15) is 5.10 Å². The second kappa shape index (κ2) is 6.35. The third-order valence-corrected chi connectivity index (χ3v) is 3.41. The van der Waals surface area contributed by atoms with Gasteiger partial charge < -0.3 is 15.4 Å². The second-order valence-electron chi connectivity index (χ2n) is 5.15. The van der Waals surface area contributed by atoms with E-state index in [0.29, 0.717) is 12.4 Å². The number of hydrogen-bond donors (Lipinski definition) is 1. The number of nitrogens with two attached hydrogens (primary N) is 1. The Bertz CT molecular complexity index is 801. The number of rotatable bonds is 5. The van der Waals surface area contributed by atoms with Crippen molar-refractivity contribution in [2.75, 3.05) is 24.8 Å². The molecule has 0 aliphatic rings. The van der Waals surface area contributed by atoms with Crippen molar-refractivity contribution in [1.29, 1.82) is 0 Å². The van der Waals surface area contributed by atoms with E-state index in [9.17, 15) is 0 Å². The summed E-state index contributed by atoms with van der Waals surface area (Å²) < 4.78 is 7.06. The summed E-state index contributed by atoms with van der Waals surface area (Å²) in [4.78, 5) is 10.3. The van der Waals surface area contributed by atoms with E-state index in [-0.39, 0.29) is 0 Å². The molecule has 118 valence electrons. The predicted octanol–water partition coefficient (Wildman–Crippen LogP) is 1.89. The maximum absolute atomic E-state index is 5.67. The quantitative estimate of drug-likeness (QED) is 0.775. The first-order valence-electron chi connectivity index (χ1n) is 7.12. The van der Waals surface area contributed by atoms with Crippen LogP contribution in [0.25, 0.3) is 5.69 Å². The fraction of sp³-hybridized carbons (Fsp3) is 0.188. The summed E-state index contributed by atoms with van der Waals surface area (Å²) >= 11 is 0. The summed E-state index contributed by atoms with van der Waals surface area (Å²) in [5.74, 6) is 1.92. The average Bonchev–Trinajstić information content (AvgIpc) is 3.03. The Morgan fingerprint density at radius 1 is 1.26 bits per heavy atom. The minimum absolute atomic E-state index is 0.404. The fourth-order valence-corrected chi connectivity index (χ4v) is 2.25. The van der Waals surface area contributed by atoms with Gasteiger partial charge in [0.05, 0.1) is 31.4 Å². The zero-order valence-corrected chi connectivity index (χ0v) is 13.0. The summed E-state index contributed by atoms with van der Waals surface area (Å²) in [6.07, 6.45) is 7.02. The molecule has 7 nitrogen and oxygen atoms in total. The van der Waals surface area contributed by atoms with Crippen molar-refractivity contribution < 1.29 is 4.74 Å². The molecule has 1 aromatic carbocycles. The van der Waals surface area contributed by atoms with E-state index in [4.69, 9.17) is 10.5 Å². The van der Waals surface area contributed by atoms with Crippen LogP contribution in [-0.2, 0) is 6.54 Å². The molecule has 0 fully saturated rings. The van der Waals surface area contributed by atoms with Crippen molar-refractivity contribution in [1.82, 2.24) is 19.7 Å². The standard InChI is InChI=1S/C16H18N6O/c1-21(16-9-18-8-15(17)20-16)10-12-7-19-22(11-12)13-4-3-5-14(6-13)23-2/h3-9,11H,10H2,1-2H3,(H2,17,20). The molecule has 2 N–H and O–H groups in total. The topological polar surface area (TPSA) is 82.1 Å². The normalized spacial score (nSPS) is 10.5. The molecule has 0 saturated heterocycles. The van der Waals surface area contributed by atoms with E-state index in [1.807, 2.05) is 53.3 Å². The Labute approximate surface area is 134 Å². The summed E-state index contributed by atoms with van der Waals surface area (Å²) in [5.41, 5.74) is 7.67. The van der Waals surface area contributed by atoms with E-state index < -0.39 is 0 Å². The molecular weight excluding hydrogens is 292 g/mol. The van der Waals surface area contributed by atoms with Gasteiger partial charge in [0.15, 0.2) is 0 Å². The molecule has 3 aromatic rings. The lowest BCUT2D eigenvalue weighted by molar-refractivity contribution is 0.414. The summed E-state index contributed by atoms with van der Waals surface area (Å²) in [6, 6.07) is 7.75. The van der Waals surface area contributed by atoms with Gasteiger partial charge in [0, 0.05) is 31.4 Å². The van der Waals surface area contributed by atoms with Crippen LogP contribution in [0.2, 0.25) is 0 Å². The highest BCUT2D eigenvalue weighted by molar-refractivity contribution is 5.42. The van der Waals surface area contributed by atoms with Crippen LogP contribution in [0.15, 0.2) is 49.1 Å². The second-order valence-corrected chi connectivity index (χ2v) is 5.15. The molecule has 0 bridgehead atoms. The minimum atomic E-state index is 0.404.